The summed E-state index contributed by atoms with van der Waals surface area (Å²) < 4.78 is 10.4. The summed E-state index contributed by atoms with van der Waals surface area (Å²) >= 11 is 12.0. The summed E-state index contributed by atoms with van der Waals surface area (Å²) in [6, 6.07) is 10.8. The van der Waals surface area contributed by atoms with E-state index in [1.807, 2.05) is 12.1 Å². The Labute approximate surface area is 133 Å². The molecule has 0 bridgehead atoms. The lowest BCUT2D eigenvalue weighted by atomic mass is 10.2. The van der Waals surface area contributed by atoms with E-state index in [2.05, 4.69) is 10.5 Å². The fraction of sp³-hybridized carbons (Fsp3) is 0.133. The van der Waals surface area contributed by atoms with Crippen molar-refractivity contribution < 1.29 is 9.47 Å². The van der Waals surface area contributed by atoms with Crippen molar-refractivity contribution in [3.05, 3.63) is 52.0 Å². The predicted molar refractivity (Wildman–Crippen MR) is 87.2 cm³/mol. The van der Waals surface area contributed by atoms with Crippen LogP contribution in [0, 0.1) is 0 Å². The van der Waals surface area contributed by atoms with E-state index in [1.165, 1.54) is 7.11 Å². The highest BCUT2D eigenvalue weighted by atomic mass is 35.5. The smallest absolute Gasteiger partial charge is 0.179 e. The molecule has 0 heterocycles. The maximum absolute atomic E-state index is 6.13. The van der Waals surface area contributed by atoms with E-state index in [0.29, 0.717) is 21.5 Å². The lowest BCUT2D eigenvalue weighted by Gasteiger charge is -2.10. The van der Waals surface area contributed by atoms with Crippen LogP contribution in [0.5, 0.6) is 11.5 Å². The Bertz CT molecular complexity index is 660. The second kappa shape index (κ2) is 7.20. The third-order valence-corrected chi connectivity index (χ3v) is 3.20. The fourth-order valence-electron chi connectivity index (χ4n) is 1.75. The number of rotatable bonds is 5. The minimum absolute atomic E-state index is 0.459. The van der Waals surface area contributed by atoms with Crippen molar-refractivity contribution in [3.63, 3.8) is 0 Å². The number of hydrazone groups is 1. The highest BCUT2D eigenvalue weighted by Gasteiger charge is 2.09. The lowest BCUT2D eigenvalue weighted by molar-refractivity contribution is 0.355. The number of nitrogens with zero attached hydrogens (tertiary/aromatic N) is 1. The van der Waals surface area contributed by atoms with Crippen LogP contribution in [-0.4, -0.2) is 20.4 Å². The molecule has 0 aliphatic rings. The number of benzene rings is 2. The van der Waals surface area contributed by atoms with Crippen LogP contribution in [0.2, 0.25) is 10.0 Å². The van der Waals surface area contributed by atoms with Gasteiger partial charge in [0, 0.05) is 5.02 Å². The topological polar surface area (TPSA) is 42.8 Å². The Morgan fingerprint density at radius 2 is 1.90 bits per heavy atom. The first-order valence-corrected chi connectivity index (χ1v) is 6.86. The zero-order chi connectivity index (χ0) is 15.2. The van der Waals surface area contributed by atoms with Crippen LogP contribution >= 0.6 is 23.2 Å². The minimum Gasteiger partial charge on any atom is -0.493 e. The SMILES string of the molecule is COc1cc(/C=N\Nc2cccc(Cl)c2)cc(Cl)c1OC. The van der Waals surface area contributed by atoms with Crippen LogP contribution in [-0.2, 0) is 0 Å². The summed E-state index contributed by atoms with van der Waals surface area (Å²) in [6.45, 7) is 0. The summed E-state index contributed by atoms with van der Waals surface area (Å²) in [4.78, 5) is 0. The van der Waals surface area contributed by atoms with E-state index >= 15 is 0 Å². The molecule has 1 N–H and O–H groups in total. The first kappa shape index (κ1) is 15.5. The summed E-state index contributed by atoms with van der Waals surface area (Å²) in [5, 5.41) is 5.24. The average Bonchev–Trinajstić information content (AvgIpc) is 2.46. The molecule has 21 heavy (non-hydrogen) atoms. The van der Waals surface area contributed by atoms with Crippen LogP contribution in [0.15, 0.2) is 41.5 Å². The van der Waals surface area contributed by atoms with E-state index in [4.69, 9.17) is 32.7 Å². The molecule has 0 spiro atoms. The van der Waals surface area contributed by atoms with E-state index < -0.39 is 0 Å². The minimum atomic E-state index is 0.459. The second-order valence-electron chi connectivity index (χ2n) is 4.12. The molecule has 0 radical (unpaired) electrons. The van der Waals surface area contributed by atoms with Gasteiger partial charge in [-0.25, -0.2) is 0 Å². The van der Waals surface area contributed by atoms with Gasteiger partial charge in [0.25, 0.3) is 0 Å². The van der Waals surface area contributed by atoms with E-state index in [1.54, 1.807) is 37.6 Å². The number of ether oxygens (including phenoxy) is 2. The molecule has 4 nitrogen and oxygen atoms in total. The predicted octanol–water partition coefficient (Wildman–Crippen LogP) is 4.46. The van der Waals surface area contributed by atoms with Gasteiger partial charge in [0.05, 0.1) is 31.1 Å². The van der Waals surface area contributed by atoms with E-state index in [9.17, 15) is 0 Å². The third-order valence-electron chi connectivity index (χ3n) is 2.69. The normalized spacial score (nSPS) is 10.7. The summed E-state index contributed by atoms with van der Waals surface area (Å²) in [5.74, 6) is 1.05. The Morgan fingerprint density at radius 1 is 1.10 bits per heavy atom. The molecule has 0 aliphatic heterocycles. The lowest BCUT2D eigenvalue weighted by Crippen LogP contribution is -1.95. The van der Waals surface area contributed by atoms with E-state index in [0.717, 1.165) is 11.3 Å². The van der Waals surface area contributed by atoms with E-state index in [-0.39, 0.29) is 0 Å². The van der Waals surface area contributed by atoms with Gasteiger partial charge in [-0.1, -0.05) is 29.3 Å². The molecular formula is C15H14Cl2N2O2. The van der Waals surface area contributed by atoms with Crippen molar-refractivity contribution in [1.29, 1.82) is 0 Å². The quantitative estimate of drug-likeness (QED) is 0.652. The average molecular weight is 325 g/mol. The van der Waals surface area contributed by atoms with Crippen molar-refractivity contribution in [2.75, 3.05) is 19.6 Å². The van der Waals surface area contributed by atoms with Crippen molar-refractivity contribution in [3.8, 4) is 11.5 Å². The maximum atomic E-state index is 6.13. The monoisotopic (exact) mass is 324 g/mol. The number of methoxy groups -OCH3 is 2. The Morgan fingerprint density at radius 3 is 2.57 bits per heavy atom. The highest BCUT2D eigenvalue weighted by molar-refractivity contribution is 6.32. The maximum Gasteiger partial charge on any atom is 0.179 e. The largest absolute Gasteiger partial charge is 0.493 e. The number of nitrogens with one attached hydrogen (secondary N) is 1. The van der Waals surface area contributed by atoms with Crippen LogP contribution < -0.4 is 14.9 Å². The molecule has 0 unspecified atom stereocenters. The van der Waals surface area contributed by atoms with Gasteiger partial charge in [0.2, 0.25) is 0 Å². The molecule has 0 atom stereocenters. The Hall–Kier alpha value is -1.91. The molecule has 0 aromatic heterocycles. The molecule has 0 saturated carbocycles. The second-order valence-corrected chi connectivity index (χ2v) is 4.96. The number of anilines is 1. The highest BCUT2D eigenvalue weighted by Crippen LogP contribution is 2.35. The molecule has 0 saturated heterocycles. The van der Waals surface area contributed by atoms with Crippen LogP contribution in [0.3, 0.4) is 0 Å². The molecule has 2 aromatic carbocycles. The fourth-order valence-corrected chi connectivity index (χ4v) is 2.24. The summed E-state index contributed by atoms with van der Waals surface area (Å²) in [7, 11) is 3.09. The molecule has 110 valence electrons. The van der Waals surface area contributed by atoms with Gasteiger partial charge in [0.15, 0.2) is 11.5 Å². The Kier molecular flexibility index (Phi) is 5.31. The molecule has 0 fully saturated rings. The van der Waals surface area contributed by atoms with Gasteiger partial charge in [0.1, 0.15) is 0 Å². The molecular weight excluding hydrogens is 311 g/mol. The zero-order valence-corrected chi connectivity index (χ0v) is 13.1. The number of hydrogen-bond acceptors (Lipinski definition) is 4. The molecule has 0 amide bonds. The van der Waals surface area contributed by atoms with Gasteiger partial charge < -0.3 is 9.47 Å². The van der Waals surface area contributed by atoms with Gasteiger partial charge in [-0.15, -0.1) is 0 Å². The zero-order valence-electron chi connectivity index (χ0n) is 11.6. The first-order chi connectivity index (χ1) is 10.1. The number of hydrogen-bond donors (Lipinski definition) is 1. The molecule has 6 heteroatoms. The van der Waals surface area contributed by atoms with Crippen molar-refractivity contribution in [1.82, 2.24) is 0 Å². The molecule has 2 rings (SSSR count). The van der Waals surface area contributed by atoms with Gasteiger partial charge in [-0.05, 0) is 35.9 Å². The standard InChI is InChI=1S/C15H14Cl2N2O2/c1-20-14-7-10(6-13(17)15(14)21-2)9-18-19-12-5-3-4-11(16)8-12/h3-9,19H,1-2H3/b18-9-. The van der Waals surface area contributed by atoms with Gasteiger partial charge in [-0.3, -0.25) is 5.43 Å². The number of halogens is 2. The molecule has 2 aromatic rings. The Balaban J connectivity index is 2.16. The van der Waals surface area contributed by atoms with Crippen LogP contribution in [0.1, 0.15) is 5.56 Å². The summed E-state index contributed by atoms with van der Waals surface area (Å²) in [5.41, 5.74) is 4.47. The van der Waals surface area contributed by atoms with Crippen LogP contribution in [0.25, 0.3) is 0 Å². The first-order valence-electron chi connectivity index (χ1n) is 6.10. The van der Waals surface area contributed by atoms with Crippen molar-refractivity contribution >= 4 is 35.1 Å². The van der Waals surface area contributed by atoms with Gasteiger partial charge in [-0.2, -0.15) is 5.10 Å². The molecule has 0 aliphatic carbocycles. The summed E-state index contributed by atoms with van der Waals surface area (Å²) in [6.07, 6.45) is 1.63. The van der Waals surface area contributed by atoms with Crippen LogP contribution in [0.4, 0.5) is 5.69 Å². The van der Waals surface area contributed by atoms with Gasteiger partial charge >= 0.3 is 0 Å². The third kappa shape index (κ3) is 4.03. The van der Waals surface area contributed by atoms with Crippen molar-refractivity contribution in [2.45, 2.75) is 0 Å². The van der Waals surface area contributed by atoms with Crippen molar-refractivity contribution in [2.24, 2.45) is 5.10 Å².